The summed E-state index contributed by atoms with van der Waals surface area (Å²) in [6.07, 6.45) is 0. The normalized spacial score (nSPS) is 10.2. The van der Waals surface area contributed by atoms with E-state index < -0.39 is 11.6 Å². The molecular weight excluding hydrogens is 263 g/mol. The van der Waals surface area contributed by atoms with Crippen LogP contribution >= 0.6 is 0 Å². The second kappa shape index (κ2) is 5.61. The summed E-state index contributed by atoms with van der Waals surface area (Å²) in [5.74, 6) is -0.435. The van der Waals surface area contributed by atoms with Crippen LogP contribution in [0.1, 0.15) is 15.9 Å². The molecule has 2 aromatic rings. The smallest absolute Gasteiger partial charge is 0.196 e. The molecule has 0 unspecified atom stereocenters. The van der Waals surface area contributed by atoms with E-state index in [-0.39, 0.29) is 16.9 Å². The lowest BCUT2D eigenvalue weighted by Gasteiger charge is -2.11. The van der Waals surface area contributed by atoms with Crippen molar-refractivity contribution in [3.63, 3.8) is 0 Å². The van der Waals surface area contributed by atoms with Gasteiger partial charge in [-0.1, -0.05) is 0 Å². The van der Waals surface area contributed by atoms with Gasteiger partial charge < -0.3 is 14.6 Å². The molecule has 0 saturated heterocycles. The van der Waals surface area contributed by atoms with Crippen molar-refractivity contribution in [3.8, 4) is 17.2 Å². The predicted molar refractivity (Wildman–Crippen MR) is 71.0 cm³/mol. The van der Waals surface area contributed by atoms with Crippen LogP contribution in [0.25, 0.3) is 0 Å². The SMILES string of the molecule is COc1cc(O)c(C(=O)c2ccc(F)cc2)cc1OC. The molecule has 0 aliphatic carbocycles. The zero-order valence-electron chi connectivity index (χ0n) is 11.0. The Morgan fingerprint density at radius 2 is 1.60 bits per heavy atom. The monoisotopic (exact) mass is 276 g/mol. The number of benzene rings is 2. The minimum absolute atomic E-state index is 0.0641. The molecule has 0 spiro atoms. The first-order chi connectivity index (χ1) is 9.56. The molecule has 104 valence electrons. The third kappa shape index (κ3) is 2.56. The zero-order chi connectivity index (χ0) is 14.7. The molecule has 4 nitrogen and oxygen atoms in total. The summed E-state index contributed by atoms with van der Waals surface area (Å²) in [4.78, 5) is 12.3. The van der Waals surface area contributed by atoms with E-state index in [2.05, 4.69) is 0 Å². The van der Waals surface area contributed by atoms with E-state index in [1.54, 1.807) is 0 Å². The molecule has 5 heteroatoms. The van der Waals surface area contributed by atoms with E-state index in [1.165, 1.54) is 50.6 Å². The number of halogens is 1. The summed E-state index contributed by atoms with van der Waals surface area (Å²) in [6.45, 7) is 0. The van der Waals surface area contributed by atoms with Gasteiger partial charge >= 0.3 is 0 Å². The van der Waals surface area contributed by atoms with Crippen LogP contribution in [0.3, 0.4) is 0 Å². The molecule has 0 atom stereocenters. The van der Waals surface area contributed by atoms with Crippen molar-refractivity contribution in [3.05, 3.63) is 53.3 Å². The maximum absolute atomic E-state index is 12.9. The molecule has 0 saturated carbocycles. The lowest BCUT2D eigenvalue weighted by molar-refractivity contribution is 0.103. The van der Waals surface area contributed by atoms with Crippen molar-refractivity contribution in [1.82, 2.24) is 0 Å². The molecule has 0 aliphatic heterocycles. The van der Waals surface area contributed by atoms with Crippen LogP contribution in [0.15, 0.2) is 36.4 Å². The molecule has 20 heavy (non-hydrogen) atoms. The summed E-state index contributed by atoms with van der Waals surface area (Å²) >= 11 is 0. The lowest BCUT2D eigenvalue weighted by atomic mass is 10.0. The van der Waals surface area contributed by atoms with Gasteiger partial charge in [0, 0.05) is 11.6 Å². The van der Waals surface area contributed by atoms with Crippen molar-refractivity contribution in [2.75, 3.05) is 14.2 Å². The largest absolute Gasteiger partial charge is 0.507 e. The highest BCUT2D eigenvalue weighted by Crippen LogP contribution is 2.34. The van der Waals surface area contributed by atoms with Crippen molar-refractivity contribution in [2.45, 2.75) is 0 Å². The first-order valence-electron chi connectivity index (χ1n) is 5.82. The summed E-state index contributed by atoms with van der Waals surface area (Å²) in [7, 11) is 2.86. The summed E-state index contributed by atoms with van der Waals surface area (Å²) in [6, 6.07) is 7.77. The minimum atomic E-state index is -0.432. The lowest BCUT2D eigenvalue weighted by Crippen LogP contribution is -2.03. The van der Waals surface area contributed by atoms with Gasteiger partial charge in [-0.2, -0.15) is 0 Å². The number of ketones is 1. The number of rotatable bonds is 4. The highest BCUT2D eigenvalue weighted by Gasteiger charge is 2.18. The number of carbonyl (C=O) groups excluding carboxylic acids is 1. The van der Waals surface area contributed by atoms with Crippen molar-refractivity contribution < 1.29 is 23.8 Å². The van der Waals surface area contributed by atoms with Gasteiger partial charge in [-0.3, -0.25) is 4.79 Å². The Morgan fingerprint density at radius 3 is 2.15 bits per heavy atom. The third-order valence-electron chi connectivity index (χ3n) is 2.85. The Bertz CT molecular complexity index is 635. The average molecular weight is 276 g/mol. The number of aromatic hydroxyl groups is 1. The Labute approximate surface area is 115 Å². The van der Waals surface area contributed by atoms with Crippen LogP contribution in [0.4, 0.5) is 4.39 Å². The molecule has 0 radical (unpaired) electrons. The quantitative estimate of drug-likeness (QED) is 0.872. The maximum Gasteiger partial charge on any atom is 0.196 e. The fourth-order valence-corrected chi connectivity index (χ4v) is 1.81. The first kappa shape index (κ1) is 13.9. The number of hydrogen-bond acceptors (Lipinski definition) is 4. The highest BCUT2D eigenvalue weighted by atomic mass is 19.1. The molecule has 0 bridgehead atoms. The summed E-state index contributed by atoms with van der Waals surface area (Å²) in [5, 5.41) is 9.90. The van der Waals surface area contributed by atoms with Gasteiger partial charge in [0.2, 0.25) is 0 Å². The molecule has 2 rings (SSSR count). The number of phenols is 1. The number of phenolic OH excluding ortho intramolecular Hbond substituents is 1. The Kier molecular flexibility index (Phi) is 3.89. The van der Waals surface area contributed by atoms with Gasteiger partial charge in [0.05, 0.1) is 19.8 Å². The topological polar surface area (TPSA) is 55.8 Å². The van der Waals surface area contributed by atoms with Gasteiger partial charge in [-0.25, -0.2) is 4.39 Å². The highest BCUT2D eigenvalue weighted by molar-refractivity contribution is 6.11. The molecule has 0 amide bonds. The predicted octanol–water partition coefficient (Wildman–Crippen LogP) is 2.78. The van der Waals surface area contributed by atoms with Gasteiger partial charge in [0.1, 0.15) is 11.6 Å². The molecule has 0 fully saturated rings. The van der Waals surface area contributed by atoms with Crippen LogP contribution in [0, 0.1) is 5.82 Å². The Balaban J connectivity index is 2.46. The average Bonchev–Trinajstić information content (AvgIpc) is 2.47. The van der Waals surface area contributed by atoms with Crippen LogP contribution in [0.5, 0.6) is 17.2 Å². The van der Waals surface area contributed by atoms with Crippen LogP contribution in [-0.4, -0.2) is 25.1 Å². The molecule has 0 aliphatic rings. The van der Waals surface area contributed by atoms with E-state index >= 15 is 0 Å². The maximum atomic E-state index is 12.9. The molecule has 0 heterocycles. The fourth-order valence-electron chi connectivity index (χ4n) is 1.81. The summed E-state index contributed by atoms with van der Waals surface area (Å²) < 4.78 is 23.0. The van der Waals surface area contributed by atoms with Gasteiger partial charge in [0.25, 0.3) is 0 Å². The molecule has 1 N–H and O–H groups in total. The number of hydrogen-bond donors (Lipinski definition) is 1. The number of methoxy groups -OCH3 is 2. The van der Waals surface area contributed by atoms with E-state index in [0.717, 1.165) is 0 Å². The van der Waals surface area contributed by atoms with Crippen molar-refractivity contribution in [1.29, 1.82) is 0 Å². The second-order valence-electron chi connectivity index (χ2n) is 4.06. The van der Waals surface area contributed by atoms with Gasteiger partial charge in [-0.05, 0) is 30.3 Å². The second-order valence-corrected chi connectivity index (χ2v) is 4.06. The van der Waals surface area contributed by atoms with Gasteiger partial charge in [-0.15, -0.1) is 0 Å². The standard InChI is InChI=1S/C15H13FO4/c1-19-13-7-11(12(17)8-14(13)20-2)15(18)9-3-5-10(16)6-4-9/h3-8,17H,1-2H3. The van der Waals surface area contributed by atoms with Crippen molar-refractivity contribution >= 4 is 5.78 Å². The Hall–Kier alpha value is -2.56. The zero-order valence-corrected chi connectivity index (χ0v) is 11.0. The van der Waals surface area contributed by atoms with Crippen LogP contribution < -0.4 is 9.47 Å². The fraction of sp³-hybridized carbons (Fsp3) is 0.133. The van der Waals surface area contributed by atoms with E-state index in [9.17, 15) is 14.3 Å². The van der Waals surface area contributed by atoms with Crippen molar-refractivity contribution in [2.24, 2.45) is 0 Å². The minimum Gasteiger partial charge on any atom is -0.507 e. The van der Waals surface area contributed by atoms with E-state index in [1.807, 2.05) is 0 Å². The van der Waals surface area contributed by atoms with E-state index in [4.69, 9.17) is 9.47 Å². The van der Waals surface area contributed by atoms with Gasteiger partial charge in [0.15, 0.2) is 17.3 Å². The van der Waals surface area contributed by atoms with E-state index in [0.29, 0.717) is 11.5 Å². The Morgan fingerprint density at radius 1 is 1.05 bits per heavy atom. The van der Waals surface area contributed by atoms with Crippen LogP contribution in [0.2, 0.25) is 0 Å². The number of carbonyl (C=O) groups is 1. The molecule has 0 aromatic heterocycles. The molecule has 2 aromatic carbocycles. The summed E-state index contributed by atoms with van der Waals surface area (Å²) in [5.41, 5.74) is 0.336. The van der Waals surface area contributed by atoms with Crippen LogP contribution in [-0.2, 0) is 0 Å². The molecular formula is C15H13FO4. The first-order valence-corrected chi connectivity index (χ1v) is 5.82. The third-order valence-corrected chi connectivity index (χ3v) is 2.85. The number of ether oxygens (including phenoxy) is 2.